The molecule has 106 valence electrons. The first-order valence-corrected chi connectivity index (χ1v) is 7.32. The van der Waals surface area contributed by atoms with E-state index in [9.17, 15) is 0 Å². The van der Waals surface area contributed by atoms with Gasteiger partial charge < -0.3 is 15.0 Å². The molecule has 1 saturated heterocycles. The van der Waals surface area contributed by atoms with Gasteiger partial charge in [0.05, 0.1) is 6.10 Å². The van der Waals surface area contributed by atoms with Gasteiger partial charge >= 0.3 is 0 Å². The molecule has 3 heteroatoms. The highest BCUT2D eigenvalue weighted by atomic mass is 16.5. The predicted molar refractivity (Wildman–Crippen MR) is 79.9 cm³/mol. The third-order valence-corrected chi connectivity index (χ3v) is 3.72. The normalized spacial score (nSPS) is 18.3. The molecule has 1 fully saturated rings. The number of aryl methyl sites for hydroxylation is 2. The number of hydrogen-bond donors (Lipinski definition) is 1. The van der Waals surface area contributed by atoms with Crippen LogP contribution in [0.15, 0.2) is 18.2 Å². The Morgan fingerprint density at radius 3 is 2.68 bits per heavy atom. The van der Waals surface area contributed by atoms with E-state index in [4.69, 9.17) is 4.74 Å². The number of nitrogens with one attached hydrogen (secondary N) is 1. The molecule has 1 unspecified atom stereocenters. The van der Waals surface area contributed by atoms with Crippen LogP contribution in [0.1, 0.15) is 24.5 Å². The van der Waals surface area contributed by atoms with Crippen molar-refractivity contribution in [1.82, 2.24) is 10.2 Å². The first-order valence-electron chi connectivity index (χ1n) is 7.32. The highest BCUT2D eigenvalue weighted by Crippen LogP contribution is 2.20. The molecule has 1 heterocycles. The van der Waals surface area contributed by atoms with Crippen LogP contribution >= 0.6 is 0 Å². The molecule has 1 aromatic carbocycles. The third-order valence-electron chi connectivity index (χ3n) is 3.72. The fourth-order valence-corrected chi connectivity index (χ4v) is 2.51. The van der Waals surface area contributed by atoms with Gasteiger partial charge in [-0.2, -0.15) is 0 Å². The van der Waals surface area contributed by atoms with Crippen molar-refractivity contribution in [2.45, 2.75) is 33.3 Å². The molecule has 1 N–H and O–H groups in total. The number of benzene rings is 1. The number of piperazine rings is 1. The van der Waals surface area contributed by atoms with Crippen LogP contribution in [0.5, 0.6) is 5.75 Å². The maximum Gasteiger partial charge on any atom is 0.122 e. The quantitative estimate of drug-likeness (QED) is 0.881. The molecule has 0 amide bonds. The van der Waals surface area contributed by atoms with Gasteiger partial charge in [-0.1, -0.05) is 17.7 Å². The van der Waals surface area contributed by atoms with Crippen LogP contribution in [0.4, 0.5) is 0 Å². The molecule has 0 bridgehead atoms. The van der Waals surface area contributed by atoms with Gasteiger partial charge in [-0.05, 0) is 38.8 Å². The largest absolute Gasteiger partial charge is 0.490 e. The van der Waals surface area contributed by atoms with Gasteiger partial charge in [0.2, 0.25) is 0 Å². The average Bonchev–Trinajstić information content (AvgIpc) is 2.41. The molecule has 19 heavy (non-hydrogen) atoms. The summed E-state index contributed by atoms with van der Waals surface area (Å²) in [7, 11) is 0. The van der Waals surface area contributed by atoms with Crippen molar-refractivity contribution >= 4 is 0 Å². The molecule has 1 aliphatic rings. The summed E-state index contributed by atoms with van der Waals surface area (Å²) >= 11 is 0. The zero-order chi connectivity index (χ0) is 13.7. The second-order valence-corrected chi connectivity index (χ2v) is 5.58. The third kappa shape index (κ3) is 4.51. The number of nitrogens with zero attached hydrogens (tertiary/aromatic N) is 1. The number of hydrogen-bond acceptors (Lipinski definition) is 3. The van der Waals surface area contributed by atoms with Crippen LogP contribution in [0, 0.1) is 13.8 Å². The maximum atomic E-state index is 6.05. The van der Waals surface area contributed by atoms with Crippen molar-refractivity contribution in [3.05, 3.63) is 29.3 Å². The topological polar surface area (TPSA) is 24.5 Å². The van der Waals surface area contributed by atoms with Gasteiger partial charge in [0, 0.05) is 32.7 Å². The lowest BCUT2D eigenvalue weighted by atomic mass is 10.1. The average molecular weight is 262 g/mol. The monoisotopic (exact) mass is 262 g/mol. The Kier molecular flexibility index (Phi) is 5.23. The summed E-state index contributed by atoms with van der Waals surface area (Å²) in [6, 6.07) is 6.38. The lowest BCUT2D eigenvalue weighted by Gasteiger charge is -2.28. The van der Waals surface area contributed by atoms with Gasteiger partial charge in [0.15, 0.2) is 0 Å². The smallest absolute Gasteiger partial charge is 0.122 e. The second-order valence-electron chi connectivity index (χ2n) is 5.58. The zero-order valence-electron chi connectivity index (χ0n) is 12.4. The molecule has 0 spiro atoms. The van der Waals surface area contributed by atoms with E-state index in [0.717, 1.165) is 44.9 Å². The highest BCUT2D eigenvalue weighted by molar-refractivity contribution is 5.35. The lowest BCUT2D eigenvalue weighted by Crippen LogP contribution is -2.44. The molecule has 0 aliphatic carbocycles. The maximum absolute atomic E-state index is 6.05. The van der Waals surface area contributed by atoms with Crippen LogP contribution in [0.25, 0.3) is 0 Å². The van der Waals surface area contributed by atoms with E-state index in [0.29, 0.717) is 0 Å². The van der Waals surface area contributed by atoms with Gasteiger partial charge in [-0.15, -0.1) is 0 Å². The van der Waals surface area contributed by atoms with Crippen LogP contribution < -0.4 is 10.1 Å². The van der Waals surface area contributed by atoms with E-state index in [1.165, 1.54) is 11.1 Å². The van der Waals surface area contributed by atoms with Crippen molar-refractivity contribution in [2.24, 2.45) is 0 Å². The first kappa shape index (κ1) is 14.4. The summed E-state index contributed by atoms with van der Waals surface area (Å²) in [5, 5.41) is 3.38. The van der Waals surface area contributed by atoms with E-state index in [1.54, 1.807) is 0 Å². The Balaban J connectivity index is 1.78. The molecular formula is C16H26N2O. The molecule has 3 nitrogen and oxygen atoms in total. The molecule has 0 saturated carbocycles. The Hall–Kier alpha value is -1.06. The Morgan fingerprint density at radius 2 is 2.00 bits per heavy atom. The summed E-state index contributed by atoms with van der Waals surface area (Å²) in [5.74, 6) is 1.03. The van der Waals surface area contributed by atoms with Crippen molar-refractivity contribution in [3.63, 3.8) is 0 Å². The van der Waals surface area contributed by atoms with Crippen LogP contribution in [-0.4, -0.2) is 43.7 Å². The Morgan fingerprint density at radius 1 is 1.26 bits per heavy atom. The van der Waals surface area contributed by atoms with Crippen molar-refractivity contribution < 1.29 is 4.74 Å². The SMILES string of the molecule is Cc1ccc(OC(C)CCN2CCNCC2)c(C)c1. The van der Waals surface area contributed by atoms with E-state index < -0.39 is 0 Å². The standard InChI is InChI=1S/C16H26N2O/c1-13-4-5-16(14(2)12-13)19-15(3)6-9-18-10-7-17-8-11-18/h4-5,12,15,17H,6-11H2,1-3H3. The predicted octanol–water partition coefficient (Wildman–Crippen LogP) is 2.37. The van der Waals surface area contributed by atoms with Gasteiger partial charge in [-0.3, -0.25) is 0 Å². The van der Waals surface area contributed by atoms with Crippen LogP contribution in [0.2, 0.25) is 0 Å². The van der Waals surface area contributed by atoms with E-state index in [1.807, 2.05) is 0 Å². The minimum Gasteiger partial charge on any atom is -0.490 e. The Labute approximate surface area is 116 Å². The van der Waals surface area contributed by atoms with E-state index in [2.05, 4.69) is 49.2 Å². The van der Waals surface area contributed by atoms with Crippen molar-refractivity contribution in [3.8, 4) is 5.75 Å². The summed E-state index contributed by atoms with van der Waals surface area (Å²) in [6.45, 7) is 12.1. The first-order chi connectivity index (χ1) is 9.15. The molecule has 0 radical (unpaired) electrons. The van der Waals surface area contributed by atoms with E-state index >= 15 is 0 Å². The minimum absolute atomic E-state index is 0.274. The molecule has 1 atom stereocenters. The molecule has 0 aromatic heterocycles. The minimum atomic E-state index is 0.274. The summed E-state index contributed by atoms with van der Waals surface area (Å²) in [5.41, 5.74) is 2.52. The zero-order valence-corrected chi connectivity index (χ0v) is 12.4. The van der Waals surface area contributed by atoms with Gasteiger partial charge in [-0.25, -0.2) is 0 Å². The highest BCUT2D eigenvalue weighted by Gasteiger charge is 2.12. The second kappa shape index (κ2) is 6.92. The summed E-state index contributed by atoms with van der Waals surface area (Å²) in [4.78, 5) is 2.51. The Bertz CT molecular complexity index is 400. The summed E-state index contributed by atoms with van der Waals surface area (Å²) < 4.78 is 6.05. The van der Waals surface area contributed by atoms with Crippen molar-refractivity contribution in [1.29, 1.82) is 0 Å². The fourth-order valence-electron chi connectivity index (χ4n) is 2.51. The summed E-state index contributed by atoms with van der Waals surface area (Å²) in [6.07, 6.45) is 1.36. The molecular weight excluding hydrogens is 236 g/mol. The van der Waals surface area contributed by atoms with Gasteiger partial charge in [0.25, 0.3) is 0 Å². The van der Waals surface area contributed by atoms with Crippen LogP contribution in [0.3, 0.4) is 0 Å². The number of rotatable bonds is 5. The van der Waals surface area contributed by atoms with Crippen LogP contribution in [-0.2, 0) is 0 Å². The fraction of sp³-hybridized carbons (Fsp3) is 0.625. The molecule has 1 aliphatic heterocycles. The molecule has 2 rings (SSSR count). The van der Waals surface area contributed by atoms with E-state index in [-0.39, 0.29) is 6.10 Å². The molecule has 1 aromatic rings. The van der Waals surface area contributed by atoms with Crippen molar-refractivity contribution in [2.75, 3.05) is 32.7 Å². The number of ether oxygens (including phenoxy) is 1. The van der Waals surface area contributed by atoms with Gasteiger partial charge in [0.1, 0.15) is 5.75 Å². The lowest BCUT2D eigenvalue weighted by molar-refractivity contribution is 0.167.